The Kier molecular flexibility index (Phi) is 4.34. The predicted molar refractivity (Wildman–Crippen MR) is 66.1 cm³/mol. The van der Waals surface area contributed by atoms with Crippen molar-refractivity contribution in [1.29, 1.82) is 0 Å². The SMILES string of the molecule is CCNC(=S)Nc1cc(C(F)(F)F)ccc1C. The number of hydrogen-bond acceptors (Lipinski definition) is 1. The highest BCUT2D eigenvalue weighted by Crippen LogP contribution is 2.31. The van der Waals surface area contributed by atoms with Crippen LogP contribution in [0.3, 0.4) is 0 Å². The highest BCUT2D eigenvalue weighted by Gasteiger charge is 2.30. The topological polar surface area (TPSA) is 24.1 Å². The summed E-state index contributed by atoms with van der Waals surface area (Å²) in [5, 5.41) is 5.88. The molecule has 17 heavy (non-hydrogen) atoms. The van der Waals surface area contributed by atoms with Crippen LogP contribution in [0.4, 0.5) is 18.9 Å². The first-order valence-corrected chi connectivity index (χ1v) is 5.48. The van der Waals surface area contributed by atoms with E-state index in [0.29, 0.717) is 22.9 Å². The zero-order valence-electron chi connectivity index (χ0n) is 9.48. The summed E-state index contributed by atoms with van der Waals surface area (Å²) in [6.07, 6.45) is -4.34. The van der Waals surface area contributed by atoms with Gasteiger partial charge in [0.1, 0.15) is 0 Å². The Balaban J connectivity index is 2.95. The largest absolute Gasteiger partial charge is 0.416 e. The molecule has 0 aliphatic rings. The number of rotatable bonds is 2. The molecule has 0 spiro atoms. The van der Waals surface area contributed by atoms with E-state index >= 15 is 0 Å². The van der Waals surface area contributed by atoms with Gasteiger partial charge in [-0.3, -0.25) is 0 Å². The van der Waals surface area contributed by atoms with Crippen molar-refractivity contribution in [1.82, 2.24) is 5.32 Å². The first-order chi connectivity index (χ1) is 7.84. The molecule has 0 unspecified atom stereocenters. The second-order valence-electron chi connectivity index (χ2n) is 3.51. The standard InChI is InChI=1S/C11H13F3N2S/c1-3-15-10(17)16-9-6-8(11(12,13)14)5-4-7(9)2/h4-6H,3H2,1-2H3,(H2,15,16,17). The zero-order valence-corrected chi connectivity index (χ0v) is 10.3. The van der Waals surface area contributed by atoms with Crippen LogP contribution in [0.2, 0.25) is 0 Å². The molecule has 0 radical (unpaired) electrons. The molecule has 1 rings (SSSR count). The summed E-state index contributed by atoms with van der Waals surface area (Å²) in [5.41, 5.74) is 0.383. The fourth-order valence-electron chi connectivity index (χ4n) is 1.26. The second kappa shape index (κ2) is 5.35. The Morgan fingerprint density at radius 1 is 1.35 bits per heavy atom. The Morgan fingerprint density at radius 2 is 2.00 bits per heavy atom. The highest BCUT2D eigenvalue weighted by atomic mass is 32.1. The Morgan fingerprint density at radius 3 is 2.53 bits per heavy atom. The van der Waals surface area contributed by atoms with E-state index in [0.717, 1.165) is 12.1 Å². The Bertz CT molecular complexity index is 416. The van der Waals surface area contributed by atoms with Crippen molar-refractivity contribution in [3.63, 3.8) is 0 Å². The van der Waals surface area contributed by atoms with Gasteiger partial charge in [-0.15, -0.1) is 0 Å². The van der Waals surface area contributed by atoms with Crippen LogP contribution in [0, 0.1) is 6.92 Å². The van der Waals surface area contributed by atoms with Gasteiger partial charge in [0.15, 0.2) is 5.11 Å². The monoisotopic (exact) mass is 262 g/mol. The summed E-state index contributed by atoms with van der Waals surface area (Å²) >= 11 is 4.93. The van der Waals surface area contributed by atoms with E-state index in [9.17, 15) is 13.2 Å². The summed E-state index contributed by atoms with van der Waals surface area (Å²) in [7, 11) is 0. The molecule has 0 saturated heterocycles. The van der Waals surface area contributed by atoms with Crippen molar-refractivity contribution < 1.29 is 13.2 Å². The van der Waals surface area contributed by atoms with Crippen molar-refractivity contribution in [2.75, 3.05) is 11.9 Å². The fraction of sp³-hybridized carbons (Fsp3) is 0.364. The molecule has 1 aromatic rings. The maximum absolute atomic E-state index is 12.5. The lowest BCUT2D eigenvalue weighted by Gasteiger charge is -2.14. The molecule has 2 nitrogen and oxygen atoms in total. The number of anilines is 1. The summed E-state index contributed by atoms with van der Waals surface area (Å²) in [6.45, 7) is 4.19. The van der Waals surface area contributed by atoms with E-state index < -0.39 is 11.7 Å². The number of alkyl halides is 3. The summed E-state index contributed by atoms with van der Waals surface area (Å²) in [4.78, 5) is 0. The van der Waals surface area contributed by atoms with Crippen molar-refractivity contribution in [2.24, 2.45) is 0 Å². The third-order valence-electron chi connectivity index (χ3n) is 2.15. The minimum Gasteiger partial charge on any atom is -0.363 e. The van der Waals surface area contributed by atoms with Crippen LogP contribution in [-0.2, 0) is 6.18 Å². The van der Waals surface area contributed by atoms with Crippen LogP contribution in [0.15, 0.2) is 18.2 Å². The van der Waals surface area contributed by atoms with E-state index in [2.05, 4.69) is 10.6 Å². The van der Waals surface area contributed by atoms with Crippen LogP contribution in [0.1, 0.15) is 18.1 Å². The van der Waals surface area contributed by atoms with Gasteiger partial charge in [0.2, 0.25) is 0 Å². The summed E-state index contributed by atoms with van der Waals surface area (Å²) in [5.74, 6) is 0. The molecule has 0 atom stereocenters. The lowest BCUT2D eigenvalue weighted by atomic mass is 10.1. The van der Waals surface area contributed by atoms with Crippen molar-refractivity contribution in [3.8, 4) is 0 Å². The molecule has 0 aliphatic heterocycles. The molecule has 0 bridgehead atoms. The normalized spacial score (nSPS) is 11.1. The van der Waals surface area contributed by atoms with E-state index in [1.54, 1.807) is 6.92 Å². The van der Waals surface area contributed by atoms with Crippen molar-refractivity contribution >= 4 is 23.0 Å². The van der Waals surface area contributed by atoms with Gasteiger partial charge in [0.05, 0.1) is 5.56 Å². The quantitative estimate of drug-likeness (QED) is 0.799. The van der Waals surface area contributed by atoms with Gasteiger partial charge in [-0.2, -0.15) is 13.2 Å². The second-order valence-corrected chi connectivity index (χ2v) is 3.92. The molecule has 2 N–H and O–H groups in total. The molecule has 0 aliphatic carbocycles. The lowest BCUT2D eigenvalue weighted by Crippen LogP contribution is -2.28. The van der Waals surface area contributed by atoms with Gasteiger partial charge in [0.25, 0.3) is 0 Å². The van der Waals surface area contributed by atoms with Crippen LogP contribution in [-0.4, -0.2) is 11.7 Å². The van der Waals surface area contributed by atoms with E-state index in [1.807, 2.05) is 6.92 Å². The molecule has 0 fully saturated rings. The predicted octanol–water partition coefficient (Wildman–Crippen LogP) is 3.32. The molecule has 94 valence electrons. The van der Waals surface area contributed by atoms with Gasteiger partial charge in [-0.1, -0.05) is 6.07 Å². The number of halogens is 3. The first kappa shape index (κ1) is 13.8. The van der Waals surface area contributed by atoms with Crippen LogP contribution in [0.5, 0.6) is 0 Å². The molecule has 0 saturated carbocycles. The average molecular weight is 262 g/mol. The summed E-state index contributed by atoms with van der Waals surface area (Å²) in [6, 6.07) is 3.52. The van der Waals surface area contributed by atoms with Crippen LogP contribution in [0.25, 0.3) is 0 Å². The minimum atomic E-state index is -4.34. The molecular weight excluding hydrogens is 249 g/mol. The lowest BCUT2D eigenvalue weighted by molar-refractivity contribution is -0.137. The van der Waals surface area contributed by atoms with E-state index in [-0.39, 0.29) is 0 Å². The zero-order chi connectivity index (χ0) is 13.1. The molecule has 0 aromatic heterocycles. The fourth-order valence-corrected chi connectivity index (χ4v) is 1.51. The maximum atomic E-state index is 12.5. The first-order valence-electron chi connectivity index (χ1n) is 5.07. The smallest absolute Gasteiger partial charge is 0.363 e. The van der Waals surface area contributed by atoms with Gasteiger partial charge in [-0.25, -0.2) is 0 Å². The van der Waals surface area contributed by atoms with Crippen molar-refractivity contribution in [3.05, 3.63) is 29.3 Å². The molecule has 1 aromatic carbocycles. The number of thiocarbonyl (C=S) groups is 1. The molecular formula is C11H13F3N2S. The van der Waals surface area contributed by atoms with Gasteiger partial charge in [0, 0.05) is 12.2 Å². The minimum absolute atomic E-state index is 0.315. The van der Waals surface area contributed by atoms with Gasteiger partial charge in [-0.05, 0) is 43.8 Å². The molecule has 6 heteroatoms. The third kappa shape index (κ3) is 3.89. The number of benzene rings is 1. The highest BCUT2D eigenvalue weighted by molar-refractivity contribution is 7.80. The average Bonchev–Trinajstić information content (AvgIpc) is 2.20. The molecule has 0 amide bonds. The Labute approximate surface area is 103 Å². The van der Waals surface area contributed by atoms with Crippen molar-refractivity contribution in [2.45, 2.75) is 20.0 Å². The maximum Gasteiger partial charge on any atom is 0.416 e. The number of nitrogens with one attached hydrogen (secondary N) is 2. The van der Waals surface area contributed by atoms with Crippen LogP contribution >= 0.6 is 12.2 Å². The number of hydrogen-bond donors (Lipinski definition) is 2. The van der Waals surface area contributed by atoms with Gasteiger partial charge >= 0.3 is 6.18 Å². The van der Waals surface area contributed by atoms with E-state index in [1.165, 1.54) is 6.07 Å². The number of aryl methyl sites for hydroxylation is 1. The molecule has 0 heterocycles. The van der Waals surface area contributed by atoms with Crippen LogP contribution < -0.4 is 10.6 Å². The van der Waals surface area contributed by atoms with Gasteiger partial charge < -0.3 is 10.6 Å². The van der Waals surface area contributed by atoms with E-state index in [4.69, 9.17) is 12.2 Å². The third-order valence-corrected chi connectivity index (χ3v) is 2.40. The Hall–Kier alpha value is -1.30. The summed E-state index contributed by atoms with van der Waals surface area (Å²) < 4.78 is 37.5.